The van der Waals surface area contributed by atoms with Crippen LogP contribution in [0.3, 0.4) is 0 Å². The van der Waals surface area contributed by atoms with E-state index in [0.29, 0.717) is 32.8 Å². The molecule has 29 heavy (non-hydrogen) atoms. The topological polar surface area (TPSA) is 113 Å². The van der Waals surface area contributed by atoms with Crippen molar-refractivity contribution in [1.29, 1.82) is 0 Å². The second kappa shape index (κ2) is 9.06. The summed E-state index contributed by atoms with van der Waals surface area (Å²) in [5.41, 5.74) is -0.402. The monoisotopic (exact) mass is 426 g/mol. The number of nitro benzene ring substituents is 1. The lowest BCUT2D eigenvalue weighted by atomic mass is 10.0. The Morgan fingerprint density at radius 2 is 1.76 bits per heavy atom. The first-order chi connectivity index (χ1) is 13.8. The van der Waals surface area contributed by atoms with Crippen LogP contribution in [0.1, 0.15) is 19.8 Å². The van der Waals surface area contributed by atoms with Gasteiger partial charge in [0.05, 0.1) is 11.5 Å². The van der Waals surface area contributed by atoms with Gasteiger partial charge in [0.2, 0.25) is 10.0 Å². The van der Waals surface area contributed by atoms with Crippen LogP contribution >= 0.6 is 0 Å². The molecule has 160 valence electrons. The van der Waals surface area contributed by atoms with Crippen molar-refractivity contribution >= 4 is 21.8 Å². The number of hydrogen-bond acceptors (Lipinski definition) is 7. The third-order valence-electron chi connectivity index (χ3n) is 5.46. The molecule has 3 rings (SSSR count). The smallest absolute Gasteiger partial charge is 0.409 e. The molecule has 10 nitrogen and oxygen atoms in total. The standard InChI is InChI=1S/C18H26N4O6S/c1-2-28-18(23)20-9-7-15(8-10-20)19-11-13-21(14-12-19)29(26,27)17-6-4-3-5-16(17)22(24)25/h3-6,15H,2,7-14H2,1H3. The van der Waals surface area contributed by atoms with Crippen LogP contribution in [-0.4, -0.2) is 85.5 Å². The number of nitrogens with zero attached hydrogens (tertiary/aromatic N) is 4. The van der Waals surface area contributed by atoms with Gasteiger partial charge in [0.25, 0.3) is 5.69 Å². The maximum Gasteiger partial charge on any atom is 0.409 e. The fourth-order valence-electron chi connectivity index (χ4n) is 3.90. The van der Waals surface area contributed by atoms with Gasteiger partial charge in [-0.15, -0.1) is 0 Å². The average molecular weight is 426 g/mol. The minimum absolute atomic E-state index is 0.263. The first-order valence-electron chi connectivity index (χ1n) is 9.74. The van der Waals surface area contributed by atoms with E-state index in [1.54, 1.807) is 11.8 Å². The lowest BCUT2D eigenvalue weighted by Gasteiger charge is -2.42. The zero-order chi connectivity index (χ0) is 21.0. The van der Waals surface area contributed by atoms with Gasteiger partial charge in [0, 0.05) is 51.4 Å². The van der Waals surface area contributed by atoms with Crippen molar-refractivity contribution in [3.05, 3.63) is 34.4 Å². The number of sulfonamides is 1. The van der Waals surface area contributed by atoms with Gasteiger partial charge in [0.1, 0.15) is 0 Å². The zero-order valence-corrected chi connectivity index (χ0v) is 17.2. The minimum atomic E-state index is -3.92. The number of benzene rings is 1. The first-order valence-corrected chi connectivity index (χ1v) is 11.2. The van der Waals surface area contributed by atoms with Crippen molar-refractivity contribution in [2.24, 2.45) is 0 Å². The first kappa shape index (κ1) is 21.5. The number of piperidine rings is 1. The van der Waals surface area contributed by atoms with Gasteiger partial charge in [-0.3, -0.25) is 15.0 Å². The van der Waals surface area contributed by atoms with Crippen molar-refractivity contribution in [3.63, 3.8) is 0 Å². The molecule has 2 fully saturated rings. The van der Waals surface area contributed by atoms with E-state index in [1.807, 2.05) is 0 Å². The van der Waals surface area contributed by atoms with Crippen LogP contribution in [0, 0.1) is 10.1 Å². The highest BCUT2D eigenvalue weighted by Crippen LogP contribution is 2.28. The Kier molecular flexibility index (Phi) is 6.70. The Hall–Kier alpha value is -2.24. The maximum absolute atomic E-state index is 12.9. The number of carbonyl (C=O) groups excluding carboxylic acids is 1. The van der Waals surface area contributed by atoms with Crippen LogP contribution < -0.4 is 0 Å². The second-order valence-electron chi connectivity index (χ2n) is 7.08. The largest absolute Gasteiger partial charge is 0.450 e. The number of carbonyl (C=O) groups is 1. The summed E-state index contributed by atoms with van der Waals surface area (Å²) in [6, 6.07) is 5.73. The van der Waals surface area contributed by atoms with Crippen molar-refractivity contribution in [3.8, 4) is 0 Å². The number of para-hydroxylation sites is 1. The lowest BCUT2D eigenvalue weighted by molar-refractivity contribution is -0.387. The van der Waals surface area contributed by atoms with E-state index in [9.17, 15) is 23.3 Å². The predicted octanol–water partition coefficient (Wildman–Crippen LogP) is 1.52. The highest BCUT2D eigenvalue weighted by atomic mass is 32.2. The maximum atomic E-state index is 12.9. The van der Waals surface area contributed by atoms with E-state index < -0.39 is 20.6 Å². The van der Waals surface area contributed by atoms with Crippen molar-refractivity contribution in [2.75, 3.05) is 45.9 Å². The molecule has 0 atom stereocenters. The summed E-state index contributed by atoms with van der Waals surface area (Å²) < 4.78 is 32.2. The molecular formula is C18H26N4O6S. The number of ether oxygens (including phenoxy) is 1. The summed E-state index contributed by atoms with van der Waals surface area (Å²) in [6.07, 6.45) is 1.34. The normalized spacial score (nSPS) is 19.8. The molecule has 1 amide bonds. The van der Waals surface area contributed by atoms with Crippen LogP contribution in [0.2, 0.25) is 0 Å². The Morgan fingerprint density at radius 3 is 2.34 bits per heavy atom. The minimum Gasteiger partial charge on any atom is -0.450 e. The Morgan fingerprint density at radius 1 is 1.14 bits per heavy atom. The van der Waals surface area contributed by atoms with Crippen molar-refractivity contribution in [1.82, 2.24) is 14.1 Å². The number of likely N-dealkylation sites (tertiary alicyclic amines) is 1. The summed E-state index contributed by atoms with van der Waals surface area (Å²) in [6.45, 7) is 5.07. The molecule has 11 heteroatoms. The molecule has 2 aliphatic rings. The molecule has 2 saturated heterocycles. The molecule has 0 aromatic heterocycles. The molecule has 0 bridgehead atoms. The Balaban J connectivity index is 1.59. The molecule has 2 aliphatic heterocycles. The van der Waals surface area contributed by atoms with Crippen LogP contribution in [0.4, 0.5) is 10.5 Å². The van der Waals surface area contributed by atoms with Crippen LogP contribution in [0.25, 0.3) is 0 Å². The van der Waals surface area contributed by atoms with Gasteiger partial charge in [-0.2, -0.15) is 4.31 Å². The van der Waals surface area contributed by atoms with Gasteiger partial charge in [-0.1, -0.05) is 12.1 Å². The molecule has 0 aliphatic carbocycles. The fraction of sp³-hybridized carbons (Fsp3) is 0.611. The van der Waals surface area contributed by atoms with Crippen molar-refractivity contribution < 1.29 is 22.9 Å². The molecule has 1 aromatic carbocycles. The summed E-state index contributed by atoms with van der Waals surface area (Å²) >= 11 is 0. The Labute approximate surface area is 170 Å². The highest BCUT2D eigenvalue weighted by Gasteiger charge is 2.36. The molecule has 0 spiro atoms. The van der Waals surface area contributed by atoms with Gasteiger partial charge in [-0.25, -0.2) is 13.2 Å². The van der Waals surface area contributed by atoms with E-state index in [-0.39, 0.29) is 30.1 Å². The van der Waals surface area contributed by atoms with Gasteiger partial charge in [0.15, 0.2) is 4.90 Å². The molecule has 0 radical (unpaired) electrons. The van der Waals surface area contributed by atoms with Gasteiger partial charge < -0.3 is 9.64 Å². The fourth-order valence-corrected chi connectivity index (χ4v) is 5.48. The van der Waals surface area contributed by atoms with E-state index >= 15 is 0 Å². The van der Waals surface area contributed by atoms with E-state index in [0.717, 1.165) is 12.8 Å². The summed E-state index contributed by atoms with van der Waals surface area (Å²) in [7, 11) is -3.92. The van der Waals surface area contributed by atoms with E-state index in [4.69, 9.17) is 4.74 Å². The summed E-state index contributed by atoms with van der Waals surface area (Å²) in [5, 5.41) is 11.2. The molecule has 0 saturated carbocycles. The molecule has 0 unspecified atom stereocenters. The zero-order valence-electron chi connectivity index (χ0n) is 16.4. The van der Waals surface area contributed by atoms with Crippen LogP contribution in [0.15, 0.2) is 29.2 Å². The predicted molar refractivity (Wildman–Crippen MR) is 105 cm³/mol. The SMILES string of the molecule is CCOC(=O)N1CCC(N2CCN(S(=O)(=O)c3ccccc3[N+](=O)[O-])CC2)CC1. The third-order valence-corrected chi connectivity index (χ3v) is 7.41. The number of hydrogen-bond donors (Lipinski definition) is 0. The van der Waals surface area contributed by atoms with Crippen LogP contribution in [-0.2, 0) is 14.8 Å². The molecular weight excluding hydrogens is 400 g/mol. The summed E-state index contributed by atoms with van der Waals surface area (Å²) in [4.78, 5) is 26.0. The number of nitro groups is 1. The van der Waals surface area contributed by atoms with E-state index in [1.165, 1.54) is 28.6 Å². The second-order valence-corrected chi connectivity index (χ2v) is 8.99. The highest BCUT2D eigenvalue weighted by molar-refractivity contribution is 7.89. The number of piperazine rings is 1. The molecule has 0 N–H and O–H groups in total. The third kappa shape index (κ3) is 4.68. The number of rotatable bonds is 5. The molecule has 2 heterocycles. The quantitative estimate of drug-likeness (QED) is 0.518. The molecule has 1 aromatic rings. The lowest BCUT2D eigenvalue weighted by Crippen LogP contribution is -2.54. The van der Waals surface area contributed by atoms with Crippen LogP contribution in [0.5, 0.6) is 0 Å². The Bertz CT molecular complexity index is 846. The van der Waals surface area contributed by atoms with Gasteiger partial charge in [-0.05, 0) is 25.8 Å². The average Bonchev–Trinajstić information content (AvgIpc) is 2.74. The van der Waals surface area contributed by atoms with Gasteiger partial charge >= 0.3 is 6.09 Å². The van der Waals surface area contributed by atoms with Crippen molar-refractivity contribution in [2.45, 2.75) is 30.7 Å². The number of amides is 1. The summed E-state index contributed by atoms with van der Waals surface area (Å²) in [5.74, 6) is 0. The van der Waals surface area contributed by atoms with E-state index in [2.05, 4.69) is 4.90 Å².